The number of morpholine rings is 1. The third-order valence-corrected chi connectivity index (χ3v) is 4.63. The van der Waals surface area contributed by atoms with Crippen LogP contribution < -0.4 is 15.4 Å². The molecule has 0 amide bonds. The molecule has 0 spiro atoms. The summed E-state index contributed by atoms with van der Waals surface area (Å²) in [5, 5.41) is 6.65. The zero-order chi connectivity index (χ0) is 21.0. The van der Waals surface area contributed by atoms with Crippen molar-refractivity contribution < 1.29 is 13.9 Å². The van der Waals surface area contributed by atoms with Gasteiger partial charge in [0.2, 0.25) is 5.88 Å². The normalized spacial score (nSPS) is 14.6. The lowest BCUT2D eigenvalue weighted by atomic mass is 10.3. The van der Waals surface area contributed by atoms with Crippen molar-refractivity contribution in [3.63, 3.8) is 0 Å². The van der Waals surface area contributed by atoms with Crippen molar-refractivity contribution in [2.75, 3.05) is 45.9 Å². The lowest BCUT2D eigenvalue weighted by Gasteiger charge is -2.26. The van der Waals surface area contributed by atoms with Gasteiger partial charge in [0.1, 0.15) is 11.6 Å². The molecule has 1 aliphatic heterocycles. The molecule has 0 unspecified atom stereocenters. The highest BCUT2D eigenvalue weighted by Crippen LogP contribution is 2.20. The highest BCUT2D eigenvalue weighted by Gasteiger charge is 2.09. The molecule has 1 fully saturated rings. The first-order valence-corrected chi connectivity index (χ1v) is 10.4. The molecule has 3 rings (SSSR count). The van der Waals surface area contributed by atoms with E-state index in [1.807, 2.05) is 13.0 Å². The van der Waals surface area contributed by atoms with E-state index in [0.29, 0.717) is 18.2 Å². The average molecular weight is 543 g/mol. The monoisotopic (exact) mass is 543 g/mol. The molecule has 0 saturated carbocycles. The Labute approximate surface area is 200 Å². The fourth-order valence-electron chi connectivity index (χ4n) is 3.06. The van der Waals surface area contributed by atoms with E-state index >= 15 is 0 Å². The van der Waals surface area contributed by atoms with E-state index in [1.54, 1.807) is 24.4 Å². The number of hydrogen-bond donors (Lipinski definition) is 2. The number of rotatable bonds is 9. The molecular formula is C22H31FIN5O2. The summed E-state index contributed by atoms with van der Waals surface area (Å²) in [4.78, 5) is 11.3. The van der Waals surface area contributed by atoms with Crippen LogP contribution >= 0.6 is 24.0 Å². The van der Waals surface area contributed by atoms with Gasteiger partial charge in [0.25, 0.3) is 0 Å². The quantitative estimate of drug-likeness (QED) is 0.219. The molecule has 170 valence electrons. The number of aromatic nitrogens is 1. The van der Waals surface area contributed by atoms with Crippen LogP contribution in [0, 0.1) is 5.82 Å². The Hall–Kier alpha value is -1.98. The minimum atomic E-state index is -0.341. The Kier molecular flexibility index (Phi) is 11.5. The molecule has 31 heavy (non-hydrogen) atoms. The lowest BCUT2D eigenvalue weighted by molar-refractivity contribution is 0.0376. The van der Waals surface area contributed by atoms with Crippen molar-refractivity contribution in [1.82, 2.24) is 20.5 Å². The van der Waals surface area contributed by atoms with Crippen molar-refractivity contribution in [2.24, 2.45) is 4.99 Å². The van der Waals surface area contributed by atoms with Crippen LogP contribution in [0.15, 0.2) is 47.6 Å². The van der Waals surface area contributed by atoms with Gasteiger partial charge in [-0.05, 0) is 37.6 Å². The minimum absolute atomic E-state index is 0. The van der Waals surface area contributed by atoms with Crippen molar-refractivity contribution in [3.8, 4) is 11.6 Å². The van der Waals surface area contributed by atoms with Gasteiger partial charge in [-0.25, -0.2) is 14.4 Å². The van der Waals surface area contributed by atoms with E-state index in [0.717, 1.165) is 63.9 Å². The van der Waals surface area contributed by atoms with Crippen molar-refractivity contribution in [1.29, 1.82) is 0 Å². The highest BCUT2D eigenvalue weighted by atomic mass is 127. The summed E-state index contributed by atoms with van der Waals surface area (Å²) in [6.45, 7) is 8.97. The first-order chi connectivity index (χ1) is 14.7. The topological polar surface area (TPSA) is 71.0 Å². The third-order valence-electron chi connectivity index (χ3n) is 4.63. The number of halogens is 2. The Morgan fingerprint density at radius 3 is 2.77 bits per heavy atom. The van der Waals surface area contributed by atoms with Crippen LogP contribution in [0.1, 0.15) is 18.9 Å². The molecule has 0 bridgehead atoms. The van der Waals surface area contributed by atoms with Gasteiger partial charge in [0, 0.05) is 44.5 Å². The molecule has 1 aromatic carbocycles. The molecule has 1 aromatic heterocycles. The average Bonchev–Trinajstić information content (AvgIpc) is 2.77. The molecule has 9 heteroatoms. The number of nitrogens with one attached hydrogen (secondary N) is 2. The zero-order valence-electron chi connectivity index (χ0n) is 17.8. The molecule has 2 heterocycles. The minimum Gasteiger partial charge on any atom is -0.439 e. The number of nitrogens with zero attached hydrogens (tertiary/aromatic N) is 3. The van der Waals surface area contributed by atoms with Crippen molar-refractivity contribution >= 4 is 29.9 Å². The molecular weight excluding hydrogens is 512 g/mol. The van der Waals surface area contributed by atoms with Crippen LogP contribution in [0.25, 0.3) is 0 Å². The summed E-state index contributed by atoms with van der Waals surface area (Å²) in [5.74, 6) is 1.29. The maximum atomic E-state index is 13.2. The Morgan fingerprint density at radius 1 is 1.23 bits per heavy atom. The van der Waals surface area contributed by atoms with E-state index in [-0.39, 0.29) is 29.8 Å². The Balaban J connectivity index is 0.00000341. The smallest absolute Gasteiger partial charge is 0.219 e. The van der Waals surface area contributed by atoms with E-state index in [2.05, 4.69) is 25.5 Å². The van der Waals surface area contributed by atoms with Crippen LogP contribution in [-0.2, 0) is 11.3 Å². The second-order valence-electron chi connectivity index (χ2n) is 6.99. The second kappa shape index (κ2) is 14.2. The van der Waals surface area contributed by atoms with Crippen LogP contribution in [0.5, 0.6) is 11.6 Å². The molecule has 2 N–H and O–H groups in total. The number of ether oxygens (including phenoxy) is 2. The summed E-state index contributed by atoms with van der Waals surface area (Å²) < 4.78 is 24.2. The summed E-state index contributed by atoms with van der Waals surface area (Å²) in [7, 11) is 0. The molecule has 0 aliphatic carbocycles. The van der Waals surface area contributed by atoms with Gasteiger partial charge < -0.3 is 20.1 Å². The maximum Gasteiger partial charge on any atom is 0.219 e. The number of guanidine groups is 1. The predicted octanol–water partition coefficient (Wildman–Crippen LogP) is 3.41. The largest absolute Gasteiger partial charge is 0.439 e. The van der Waals surface area contributed by atoms with E-state index in [1.165, 1.54) is 12.1 Å². The van der Waals surface area contributed by atoms with E-state index in [9.17, 15) is 4.39 Å². The fourth-order valence-corrected chi connectivity index (χ4v) is 3.06. The third kappa shape index (κ3) is 9.36. The first-order valence-electron chi connectivity index (χ1n) is 10.4. The Bertz CT molecular complexity index is 801. The summed E-state index contributed by atoms with van der Waals surface area (Å²) in [5.41, 5.74) is 0.965. The molecule has 0 radical (unpaired) electrons. The van der Waals surface area contributed by atoms with Crippen molar-refractivity contribution in [2.45, 2.75) is 19.9 Å². The number of aliphatic imine (C=N–C) groups is 1. The van der Waals surface area contributed by atoms with Gasteiger partial charge in [0.15, 0.2) is 5.96 Å². The molecule has 1 saturated heterocycles. The highest BCUT2D eigenvalue weighted by molar-refractivity contribution is 14.0. The van der Waals surface area contributed by atoms with Crippen LogP contribution in [0.3, 0.4) is 0 Å². The van der Waals surface area contributed by atoms with Gasteiger partial charge >= 0.3 is 0 Å². The number of benzene rings is 1. The van der Waals surface area contributed by atoms with Crippen LogP contribution in [0.2, 0.25) is 0 Å². The number of hydrogen-bond acceptors (Lipinski definition) is 5. The summed E-state index contributed by atoms with van der Waals surface area (Å²) in [6, 6.07) is 9.67. The Morgan fingerprint density at radius 2 is 2.06 bits per heavy atom. The molecule has 1 aliphatic rings. The van der Waals surface area contributed by atoms with Crippen LogP contribution in [0.4, 0.5) is 4.39 Å². The van der Waals surface area contributed by atoms with Crippen molar-refractivity contribution in [3.05, 3.63) is 54.0 Å². The van der Waals surface area contributed by atoms with Gasteiger partial charge in [-0.2, -0.15) is 0 Å². The predicted molar refractivity (Wildman–Crippen MR) is 131 cm³/mol. The molecule has 2 aromatic rings. The fraction of sp³-hybridized carbons (Fsp3) is 0.455. The van der Waals surface area contributed by atoms with E-state index in [4.69, 9.17) is 9.47 Å². The maximum absolute atomic E-state index is 13.2. The molecule has 0 atom stereocenters. The van der Waals surface area contributed by atoms with Gasteiger partial charge in [-0.1, -0.05) is 12.1 Å². The number of pyridine rings is 1. The van der Waals surface area contributed by atoms with E-state index < -0.39 is 0 Å². The van der Waals surface area contributed by atoms with Crippen LogP contribution in [-0.4, -0.2) is 61.8 Å². The lowest BCUT2D eigenvalue weighted by Crippen LogP contribution is -2.40. The summed E-state index contributed by atoms with van der Waals surface area (Å²) in [6.07, 6.45) is 2.78. The van der Waals surface area contributed by atoms with Gasteiger partial charge in [0.05, 0.1) is 19.8 Å². The standard InChI is InChI=1S/C22H30FN5O2.HI/c1-2-24-22(25-9-4-10-28-11-13-29-14-12-28)27-17-18-7-8-21(26-16-18)30-20-6-3-5-19(23)15-20;/h3,5-8,15-16H,2,4,9-14,17H2,1H3,(H2,24,25,27);1H. The van der Waals surface area contributed by atoms with Gasteiger partial charge in [-0.3, -0.25) is 4.90 Å². The first kappa shape index (κ1) is 25.3. The van der Waals surface area contributed by atoms with Gasteiger partial charge in [-0.15, -0.1) is 24.0 Å². The SMILES string of the molecule is CCNC(=NCc1ccc(Oc2cccc(F)c2)nc1)NCCCN1CCOCC1.I. The molecule has 7 nitrogen and oxygen atoms in total. The second-order valence-corrected chi connectivity index (χ2v) is 6.99. The summed E-state index contributed by atoms with van der Waals surface area (Å²) >= 11 is 0. The zero-order valence-corrected chi connectivity index (χ0v) is 20.2.